The van der Waals surface area contributed by atoms with E-state index in [1.54, 1.807) is 11.3 Å². The molecule has 0 spiro atoms. The van der Waals surface area contributed by atoms with Crippen molar-refractivity contribution in [1.29, 1.82) is 0 Å². The Bertz CT molecular complexity index is 918. The molecule has 1 fully saturated rings. The number of morpholine rings is 1. The topological polar surface area (TPSA) is 83.1 Å². The molecule has 4 rings (SSSR count). The highest BCUT2D eigenvalue weighted by atomic mass is 32.1. The molecule has 1 saturated heterocycles. The van der Waals surface area contributed by atoms with Gasteiger partial charge in [0.05, 0.1) is 13.2 Å². The molecule has 3 aromatic rings. The molecule has 1 aliphatic heterocycles. The van der Waals surface area contributed by atoms with Gasteiger partial charge in [0.2, 0.25) is 5.95 Å². The van der Waals surface area contributed by atoms with E-state index in [-0.39, 0.29) is 5.56 Å². The minimum Gasteiger partial charge on any atom is -0.379 e. The molecule has 2 aromatic heterocycles. The molecule has 0 atom stereocenters. The SMILES string of the molecule is O=c1[nH]c(Nc2ccc(CN3CCOCC3)cc2)nnc1Cc1cccs1. The van der Waals surface area contributed by atoms with Gasteiger partial charge in [0.15, 0.2) is 0 Å². The Morgan fingerprint density at radius 2 is 1.96 bits per heavy atom. The monoisotopic (exact) mass is 383 g/mol. The standard InChI is InChI=1S/C19H21N5O2S/c25-18-17(12-16-2-1-11-27-16)22-23-19(21-18)20-15-5-3-14(4-6-15)13-24-7-9-26-10-8-24/h1-6,11H,7-10,12-13H2,(H2,20,21,23,25). The lowest BCUT2D eigenvalue weighted by Gasteiger charge is -2.26. The summed E-state index contributed by atoms with van der Waals surface area (Å²) in [5, 5.41) is 13.3. The van der Waals surface area contributed by atoms with Crippen LogP contribution >= 0.6 is 11.3 Å². The van der Waals surface area contributed by atoms with Crippen LogP contribution in [0.25, 0.3) is 0 Å². The van der Waals surface area contributed by atoms with Gasteiger partial charge >= 0.3 is 0 Å². The quantitative estimate of drug-likeness (QED) is 0.680. The fourth-order valence-corrected chi connectivity index (χ4v) is 3.67. The number of hydrogen-bond donors (Lipinski definition) is 2. The molecule has 2 N–H and O–H groups in total. The molecular formula is C19H21N5O2S. The first-order valence-corrected chi connectivity index (χ1v) is 9.78. The summed E-state index contributed by atoms with van der Waals surface area (Å²) >= 11 is 1.60. The van der Waals surface area contributed by atoms with Crippen molar-refractivity contribution in [1.82, 2.24) is 20.1 Å². The number of thiophene rings is 1. The molecule has 0 saturated carbocycles. The van der Waals surface area contributed by atoms with E-state index in [0.29, 0.717) is 18.1 Å². The van der Waals surface area contributed by atoms with Crippen molar-refractivity contribution in [3.8, 4) is 0 Å². The second-order valence-electron chi connectivity index (χ2n) is 6.42. The average molecular weight is 383 g/mol. The summed E-state index contributed by atoms with van der Waals surface area (Å²) in [4.78, 5) is 18.4. The van der Waals surface area contributed by atoms with Gasteiger partial charge in [-0.15, -0.1) is 21.5 Å². The third-order valence-corrected chi connectivity index (χ3v) is 5.29. The highest BCUT2D eigenvalue weighted by Crippen LogP contribution is 2.15. The Hall–Kier alpha value is -2.55. The van der Waals surface area contributed by atoms with Gasteiger partial charge < -0.3 is 10.1 Å². The van der Waals surface area contributed by atoms with Crippen molar-refractivity contribution < 1.29 is 4.74 Å². The number of nitrogens with zero attached hydrogens (tertiary/aromatic N) is 3. The number of ether oxygens (including phenoxy) is 1. The Morgan fingerprint density at radius 1 is 1.15 bits per heavy atom. The van der Waals surface area contributed by atoms with Crippen molar-refractivity contribution in [2.45, 2.75) is 13.0 Å². The van der Waals surface area contributed by atoms with Gasteiger partial charge in [0.1, 0.15) is 5.69 Å². The van der Waals surface area contributed by atoms with Crippen molar-refractivity contribution in [2.24, 2.45) is 0 Å². The van der Waals surface area contributed by atoms with Crippen LogP contribution in [0.1, 0.15) is 16.1 Å². The van der Waals surface area contributed by atoms with Crippen LogP contribution in [0, 0.1) is 0 Å². The van der Waals surface area contributed by atoms with E-state index in [1.807, 2.05) is 29.6 Å². The van der Waals surface area contributed by atoms with Gasteiger partial charge in [0, 0.05) is 36.6 Å². The highest BCUT2D eigenvalue weighted by molar-refractivity contribution is 7.09. The van der Waals surface area contributed by atoms with Crippen LogP contribution in [0.15, 0.2) is 46.6 Å². The summed E-state index contributed by atoms with van der Waals surface area (Å²) < 4.78 is 5.38. The number of anilines is 2. The normalized spacial score (nSPS) is 15.0. The third kappa shape index (κ3) is 4.79. The molecule has 7 nitrogen and oxygen atoms in total. The number of nitrogens with one attached hydrogen (secondary N) is 2. The van der Waals surface area contributed by atoms with Crippen LogP contribution < -0.4 is 10.9 Å². The Balaban J connectivity index is 1.38. The predicted molar refractivity (Wildman–Crippen MR) is 106 cm³/mol. The van der Waals surface area contributed by atoms with E-state index in [9.17, 15) is 4.79 Å². The number of benzene rings is 1. The molecule has 1 aliphatic rings. The molecule has 0 amide bonds. The number of aromatic nitrogens is 3. The lowest BCUT2D eigenvalue weighted by Crippen LogP contribution is -2.35. The lowest BCUT2D eigenvalue weighted by molar-refractivity contribution is 0.0342. The van der Waals surface area contributed by atoms with E-state index in [1.165, 1.54) is 5.56 Å². The van der Waals surface area contributed by atoms with Crippen molar-refractivity contribution >= 4 is 23.0 Å². The zero-order valence-corrected chi connectivity index (χ0v) is 15.7. The largest absolute Gasteiger partial charge is 0.379 e. The maximum absolute atomic E-state index is 12.2. The number of hydrogen-bond acceptors (Lipinski definition) is 7. The van der Waals surface area contributed by atoms with Crippen molar-refractivity contribution in [2.75, 3.05) is 31.6 Å². The summed E-state index contributed by atoms with van der Waals surface area (Å²) in [5.41, 5.74) is 2.30. The first-order valence-electron chi connectivity index (χ1n) is 8.90. The van der Waals surface area contributed by atoms with Gasteiger partial charge in [-0.05, 0) is 29.1 Å². The van der Waals surface area contributed by atoms with Crippen LogP contribution in [0.4, 0.5) is 11.6 Å². The van der Waals surface area contributed by atoms with Gasteiger partial charge in [-0.3, -0.25) is 14.7 Å². The maximum atomic E-state index is 12.2. The zero-order chi connectivity index (χ0) is 18.5. The fraction of sp³-hybridized carbons (Fsp3) is 0.316. The van der Waals surface area contributed by atoms with E-state index < -0.39 is 0 Å². The van der Waals surface area contributed by atoms with Crippen molar-refractivity contribution in [3.05, 3.63) is 68.3 Å². The molecule has 8 heteroatoms. The Morgan fingerprint density at radius 3 is 2.67 bits per heavy atom. The first kappa shape index (κ1) is 17.8. The minimum atomic E-state index is -0.218. The van der Waals surface area contributed by atoms with Crippen LogP contribution in [0.2, 0.25) is 0 Å². The molecule has 0 bridgehead atoms. The number of aromatic amines is 1. The summed E-state index contributed by atoms with van der Waals surface area (Å²) in [6, 6.07) is 12.1. The third-order valence-electron chi connectivity index (χ3n) is 4.41. The molecule has 27 heavy (non-hydrogen) atoms. The van der Waals surface area contributed by atoms with Gasteiger partial charge in [-0.2, -0.15) is 0 Å². The van der Waals surface area contributed by atoms with Crippen LogP contribution in [0.3, 0.4) is 0 Å². The average Bonchev–Trinajstić information content (AvgIpc) is 3.20. The maximum Gasteiger partial charge on any atom is 0.274 e. The molecule has 1 aromatic carbocycles. The van der Waals surface area contributed by atoms with Gasteiger partial charge in [-0.1, -0.05) is 18.2 Å². The zero-order valence-electron chi connectivity index (χ0n) is 14.9. The summed E-state index contributed by atoms with van der Waals surface area (Å²) in [6.45, 7) is 4.45. The van der Waals surface area contributed by atoms with Crippen LogP contribution in [0.5, 0.6) is 0 Å². The number of rotatable bonds is 6. The van der Waals surface area contributed by atoms with E-state index in [0.717, 1.165) is 43.4 Å². The lowest BCUT2D eigenvalue weighted by atomic mass is 10.2. The summed E-state index contributed by atoms with van der Waals surface area (Å²) in [5.74, 6) is 0.343. The molecule has 0 radical (unpaired) electrons. The Labute approximate surface area is 161 Å². The molecular weight excluding hydrogens is 362 g/mol. The second kappa shape index (κ2) is 8.43. The summed E-state index contributed by atoms with van der Waals surface area (Å²) in [6.07, 6.45) is 0.497. The number of H-pyrrole nitrogens is 1. The molecule has 0 unspecified atom stereocenters. The van der Waals surface area contributed by atoms with E-state index in [4.69, 9.17) is 4.74 Å². The molecule has 3 heterocycles. The second-order valence-corrected chi connectivity index (χ2v) is 7.45. The predicted octanol–water partition coefficient (Wildman–Crippen LogP) is 2.39. The minimum absolute atomic E-state index is 0.218. The van der Waals surface area contributed by atoms with Crippen LogP contribution in [-0.2, 0) is 17.7 Å². The van der Waals surface area contributed by atoms with Crippen molar-refractivity contribution in [3.63, 3.8) is 0 Å². The summed E-state index contributed by atoms with van der Waals surface area (Å²) in [7, 11) is 0. The highest BCUT2D eigenvalue weighted by Gasteiger charge is 2.11. The Kier molecular flexibility index (Phi) is 5.57. The van der Waals surface area contributed by atoms with Crippen LogP contribution in [-0.4, -0.2) is 46.4 Å². The van der Waals surface area contributed by atoms with E-state index in [2.05, 4.69) is 37.5 Å². The first-order chi connectivity index (χ1) is 13.3. The fourth-order valence-electron chi connectivity index (χ4n) is 2.96. The van der Waals surface area contributed by atoms with Gasteiger partial charge in [0.25, 0.3) is 5.56 Å². The van der Waals surface area contributed by atoms with Gasteiger partial charge in [-0.25, -0.2) is 0 Å². The molecule has 140 valence electrons. The molecule has 0 aliphatic carbocycles. The van der Waals surface area contributed by atoms with E-state index >= 15 is 0 Å². The smallest absolute Gasteiger partial charge is 0.274 e.